The number of furan rings is 1. The standard InChI is InChI=1S/C17H15ClO2/c1-11-4-2-6-13-10-16(20-17(11)13)15(19)9-12-5-3-7-14(18)8-12/h2-8,10,15,19H,9H2,1H3. The van der Waals surface area contributed by atoms with Gasteiger partial charge in [-0.3, -0.25) is 0 Å². The summed E-state index contributed by atoms with van der Waals surface area (Å²) >= 11 is 5.95. The topological polar surface area (TPSA) is 33.4 Å². The number of rotatable bonds is 3. The van der Waals surface area contributed by atoms with Crippen LogP contribution in [0.4, 0.5) is 0 Å². The highest BCUT2D eigenvalue weighted by atomic mass is 35.5. The highest BCUT2D eigenvalue weighted by molar-refractivity contribution is 6.30. The molecule has 1 N–H and O–H groups in total. The number of aliphatic hydroxyl groups is 1. The predicted octanol–water partition coefficient (Wildman–Crippen LogP) is 4.67. The molecule has 0 spiro atoms. The van der Waals surface area contributed by atoms with Crippen molar-refractivity contribution in [3.8, 4) is 0 Å². The van der Waals surface area contributed by atoms with Crippen molar-refractivity contribution in [1.82, 2.24) is 0 Å². The van der Waals surface area contributed by atoms with E-state index in [-0.39, 0.29) is 0 Å². The van der Waals surface area contributed by atoms with Crippen LogP contribution < -0.4 is 0 Å². The Labute approximate surface area is 122 Å². The molecule has 1 heterocycles. The number of para-hydroxylation sites is 1. The maximum Gasteiger partial charge on any atom is 0.137 e. The first-order valence-corrected chi connectivity index (χ1v) is 6.93. The van der Waals surface area contributed by atoms with E-state index < -0.39 is 6.10 Å². The van der Waals surface area contributed by atoms with Gasteiger partial charge in [-0.05, 0) is 36.2 Å². The zero-order valence-electron chi connectivity index (χ0n) is 11.1. The third-order valence-electron chi connectivity index (χ3n) is 3.41. The van der Waals surface area contributed by atoms with Crippen LogP contribution in [0.5, 0.6) is 0 Å². The molecule has 102 valence electrons. The van der Waals surface area contributed by atoms with Crippen LogP contribution in [0.1, 0.15) is 23.0 Å². The van der Waals surface area contributed by atoms with E-state index in [1.54, 1.807) is 0 Å². The third-order valence-corrected chi connectivity index (χ3v) is 3.64. The summed E-state index contributed by atoms with van der Waals surface area (Å²) in [5.74, 6) is 0.592. The summed E-state index contributed by atoms with van der Waals surface area (Å²) in [5.41, 5.74) is 2.90. The SMILES string of the molecule is Cc1cccc2cc(C(O)Cc3cccc(Cl)c3)oc12. The molecule has 0 amide bonds. The molecule has 0 aliphatic rings. The monoisotopic (exact) mass is 286 g/mol. The quantitative estimate of drug-likeness (QED) is 0.759. The number of fused-ring (bicyclic) bond motifs is 1. The number of hydrogen-bond donors (Lipinski definition) is 1. The molecule has 3 heteroatoms. The summed E-state index contributed by atoms with van der Waals surface area (Å²) in [4.78, 5) is 0. The molecular formula is C17H15ClO2. The Kier molecular flexibility index (Phi) is 3.51. The number of aryl methyl sites for hydroxylation is 1. The van der Waals surface area contributed by atoms with E-state index in [2.05, 4.69) is 0 Å². The molecule has 2 aromatic carbocycles. The largest absolute Gasteiger partial charge is 0.458 e. The number of hydrogen-bond acceptors (Lipinski definition) is 2. The van der Waals surface area contributed by atoms with Gasteiger partial charge in [0, 0.05) is 16.8 Å². The van der Waals surface area contributed by atoms with E-state index in [4.69, 9.17) is 16.0 Å². The molecule has 0 aliphatic carbocycles. The number of halogens is 1. The average molecular weight is 287 g/mol. The van der Waals surface area contributed by atoms with Crippen molar-refractivity contribution < 1.29 is 9.52 Å². The van der Waals surface area contributed by atoms with E-state index in [1.807, 2.05) is 55.5 Å². The lowest BCUT2D eigenvalue weighted by Crippen LogP contribution is -2.00. The van der Waals surface area contributed by atoms with E-state index >= 15 is 0 Å². The van der Waals surface area contributed by atoms with Crippen molar-refractivity contribution in [2.45, 2.75) is 19.4 Å². The minimum atomic E-state index is -0.666. The summed E-state index contributed by atoms with van der Waals surface area (Å²) in [6.45, 7) is 2.00. The minimum Gasteiger partial charge on any atom is -0.458 e. The Morgan fingerprint density at radius 1 is 1.15 bits per heavy atom. The molecule has 0 saturated heterocycles. The summed E-state index contributed by atoms with van der Waals surface area (Å²) in [6.07, 6.45) is -0.181. The van der Waals surface area contributed by atoms with Gasteiger partial charge in [0.25, 0.3) is 0 Å². The van der Waals surface area contributed by atoms with Gasteiger partial charge in [-0.1, -0.05) is 41.9 Å². The molecule has 2 nitrogen and oxygen atoms in total. The Hall–Kier alpha value is -1.77. The second-order valence-electron chi connectivity index (χ2n) is 4.99. The molecule has 3 aromatic rings. The first-order valence-electron chi connectivity index (χ1n) is 6.55. The summed E-state index contributed by atoms with van der Waals surface area (Å²) in [7, 11) is 0. The van der Waals surface area contributed by atoms with Crippen molar-refractivity contribution in [2.24, 2.45) is 0 Å². The highest BCUT2D eigenvalue weighted by Crippen LogP contribution is 2.28. The van der Waals surface area contributed by atoms with Crippen LogP contribution in [0.25, 0.3) is 11.0 Å². The molecule has 1 atom stereocenters. The molecule has 0 bridgehead atoms. The minimum absolute atomic E-state index is 0.486. The van der Waals surface area contributed by atoms with Crippen LogP contribution in [0, 0.1) is 6.92 Å². The van der Waals surface area contributed by atoms with Crippen molar-refractivity contribution >= 4 is 22.6 Å². The molecule has 0 aliphatic heterocycles. The fourth-order valence-electron chi connectivity index (χ4n) is 2.38. The normalized spacial score (nSPS) is 12.8. The first kappa shape index (κ1) is 13.2. The summed E-state index contributed by atoms with van der Waals surface area (Å²) in [6, 6.07) is 15.4. The molecule has 20 heavy (non-hydrogen) atoms. The lowest BCUT2D eigenvalue weighted by Gasteiger charge is -2.07. The maximum atomic E-state index is 10.3. The van der Waals surface area contributed by atoms with Gasteiger partial charge in [0.05, 0.1) is 0 Å². The van der Waals surface area contributed by atoms with E-state index in [0.29, 0.717) is 17.2 Å². The van der Waals surface area contributed by atoms with Gasteiger partial charge in [-0.2, -0.15) is 0 Å². The van der Waals surface area contributed by atoms with Crippen LogP contribution in [0.15, 0.2) is 52.9 Å². The van der Waals surface area contributed by atoms with Crippen LogP contribution >= 0.6 is 11.6 Å². The number of aliphatic hydroxyl groups excluding tert-OH is 1. The van der Waals surface area contributed by atoms with Gasteiger partial charge < -0.3 is 9.52 Å². The van der Waals surface area contributed by atoms with Crippen LogP contribution in [-0.4, -0.2) is 5.11 Å². The Balaban J connectivity index is 1.89. The fourth-order valence-corrected chi connectivity index (χ4v) is 2.59. The molecule has 0 radical (unpaired) electrons. The first-order chi connectivity index (χ1) is 9.63. The molecule has 1 aromatic heterocycles. The van der Waals surface area contributed by atoms with Crippen LogP contribution in [0.3, 0.4) is 0 Å². The van der Waals surface area contributed by atoms with Crippen molar-refractivity contribution in [2.75, 3.05) is 0 Å². The third kappa shape index (κ3) is 2.58. The lowest BCUT2D eigenvalue weighted by molar-refractivity contribution is 0.152. The van der Waals surface area contributed by atoms with Crippen molar-refractivity contribution in [3.63, 3.8) is 0 Å². The molecule has 0 fully saturated rings. The van der Waals surface area contributed by atoms with E-state index in [1.165, 1.54) is 0 Å². The van der Waals surface area contributed by atoms with Crippen molar-refractivity contribution in [1.29, 1.82) is 0 Å². The van der Waals surface area contributed by atoms with Gasteiger partial charge in [-0.25, -0.2) is 0 Å². The molecule has 0 saturated carbocycles. The van der Waals surface area contributed by atoms with Crippen molar-refractivity contribution in [3.05, 3.63) is 70.4 Å². The zero-order chi connectivity index (χ0) is 14.1. The second kappa shape index (κ2) is 5.31. The van der Waals surface area contributed by atoms with Gasteiger partial charge in [-0.15, -0.1) is 0 Å². The maximum absolute atomic E-state index is 10.3. The van der Waals surface area contributed by atoms with Gasteiger partial charge in [0.1, 0.15) is 17.4 Å². The van der Waals surface area contributed by atoms with Crippen LogP contribution in [0.2, 0.25) is 5.02 Å². The lowest BCUT2D eigenvalue weighted by atomic mass is 10.1. The Morgan fingerprint density at radius 2 is 1.95 bits per heavy atom. The van der Waals surface area contributed by atoms with Gasteiger partial charge in [0.15, 0.2) is 0 Å². The molecule has 1 unspecified atom stereocenters. The highest BCUT2D eigenvalue weighted by Gasteiger charge is 2.15. The second-order valence-corrected chi connectivity index (χ2v) is 5.43. The summed E-state index contributed by atoms with van der Waals surface area (Å²) < 4.78 is 5.78. The molecule has 3 rings (SSSR count). The number of benzene rings is 2. The Bertz CT molecular complexity index is 746. The average Bonchev–Trinajstić information content (AvgIpc) is 2.84. The van der Waals surface area contributed by atoms with Gasteiger partial charge in [0.2, 0.25) is 0 Å². The van der Waals surface area contributed by atoms with E-state index in [0.717, 1.165) is 22.1 Å². The molecular weight excluding hydrogens is 272 g/mol. The zero-order valence-corrected chi connectivity index (χ0v) is 11.9. The summed E-state index contributed by atoms with van der Waals surface area (Å²) in [5, 5.41) is 12.0. The Morgan fingerprint density at radius 3 is 2.70 bits per heavy atom. The van der Waals surface area contributed by atoms with Crippen LogP contribution in [-0.2, 0) is 6.42 Å². The van der Waals surface area contributed by atoms with Gasteiger partial charge >= 0.3 is 0 Å². The fraction of sp³-hybridized carbons (Fsp3) is 0.176. The predicted molar refractivity (Wildman–Crippen MR) is 81.1 cm³/mol. The van der Waals surface area contributed by atoms with E-state index in [9.17, 15) is 5.11 Å². The smallest absolute Gasteiger partial charge is 0.137 e.